The third kappa shape index (κ3) is 3.35. The molecule has 16 heavy (non-hydrogen) atoms. The monoisotopic (exact) mass is 258 g/mol. The molecule has 0 radical (unpaired) electrons. The molecule has 0 saturated carbocycles. The highest BCUT2D eigenvalue weighted by Crippen LogP contribution is 2.20. The summed E-state index contributed by atoms with van der Waals surface area (Å²) in [5, 5.41) is 36.9. The van der Waals surface area contributed by atoms with Crippen LogP contribution in [-0.4, -0.2) is 72.4 Å². The van der Waals surface area contributed by atoms with Crippen LogP contribution >= 0.6 is 0 Å². The van der Waals surface area contributed by atoms with Gasteiger partial charge >= 0.3 is 0 Å². The molecule has 0 bridgehead atoms. The number of rotatable bonds is 3. The van der Waals surface area contributed by atoms with Crippen LogP contribution in [0.5, 0.6) is 0 Å². The van der Waals surface area contributed by atoms with Crippen LogP contribution in [0.1, 0.15) is 0 Å². The Kier molecular flexibility index (Phi) is 4.23. The molecule has 0 aliphatic carbocycles. The van der Waals surface area contributed by atoms with Crippen molar-refractivity contribution in [2.24, 2.45) is 0 Å². The molecule has 1 heterocycles. The summed E-state index contributed by atoms with van der Waals surface area (Å²) in [5.41, 5.74) is 0. The van der Waals surface area contributed by atoms with Crippen molar-refractivity contribution in [1.29, 1.82) is 0 Å². The molecule has 5 atom stereocenters. The van der Waals surface area contributed by atoms with E-state index in [1.807, 2.05) is 0 Å². The van der Waals surface area contributed by atoms with Crippen LogP contribution in [-0.2, 0) is 19.0 Å². The average Bonchev–Trinajstić information content (AvgIpc) is 2.17. The molecule has 8 nitrogen and oxygen atoms in total. The number of hydrogen-bond donors (Lipinski definition) is 4. The molecule has 1 rings (SSSR count). The first-order valence-electron chi connectivity index (χ1n) is 4.44. The first-order valence-corrected chi connectivity index (χ1v) is 6.26. The van der Waals surface area contributed by atoms with Crippen LogP contribution in [0, 0.1) is 0 Å². The third-order valence-corrected chi connectivity index (χ3v) is 2.70. The molecule has 0 aromatic heterocycles. The second kappa shape index (κ2) is 4.92. The van der Waals surface area contributed by atoms with Crippen LogP contribution in [0.4, 0.5) is 0 Å². The maximum absolute atomic E-state index is 10.7. The van der Waals surface area contributed by atoms with E-state index in [9.17, 15) is 18.6 Å². The molecule has 9 heteroatoms. The van der Waals surface area contributed by atoms with Crippen LogP contribution < -0.4 is 0 Å². The summed E-state index contributed by atoms with van der Waals surface area (Å²) in [6.45, 7) is -0.555. The van der Waals surface area contributed by atoms with Gasteiger partial charge in [-0.15, -0.1) is 0 Å². The van der Waals surface area contributed by atoms with E-state index in [0.29, 0.717) is 0 Å². The predicted octanol–water partition coefficient (Wildman–Crippen LogP) is -3.24. The van der Waals surface area contributed by atoms with Gasteiger partial charge in [0.05, 0.1) is 12.9 Å². The zero-order valence-corrected chi connectivity index (χ0v) is 9.24. The van der Waals surface area contributed by atoms with E-state index in [1.54, 1.807) is 0 Å². The highest BCUT2D eigenvalue weighted by atomic mass is 32.2. The molecule has 1 aliphatic heterocycles. The second-order valence-electron chi connectivity index (χ2n) is 3.53. The summed E-state index contributed by atoms with van der Waals surface area (Å²) >= 11 is 0. The Hall–Kier alpha value is -0.290. The van der Waals surface area contributed by atoms with Gasteiger partial charge in [0, 0.05) is 0 Å². The first kappa shape index (κ1) is 13.8. The fourth-order valence-corrected chi connectivity index (χ4v) is 1.64. The van der Waals surface area contributed by atoms with Crippen LogP contribution in [0.15, 0.2) is 0 Å². The van der Waals surface area contributed by atoms with Crippen molar-refractivity contribution in [1.82, 2.24) is 0 Å². The van der Waals surface area contributed by atoms with Gasteiger partial charge in [-0.3, -0.25) is 4.18 Å². The lowest BCUT2D eigenvalue weighted by atomic mass is 10.00. The number of aliphatic hydroxyl groups is 4. The van der Waals surface area contributed by atoms with Gasteiger partial charge < -0.3 is 25.2 Å². The Bertz CT molecular complexity index is 327. The van der Waals surface area contributed by atoms with E-state index >= 15 is 0 Å². The van der Waals surface area contributed by atoms with Gasteiger partial charge in [-0.1, -0.05) is 0 Å². The smallest absolute Gasteiger partial charge is 0.264 e. The summed E-state index contributed by atoms with van der Waals surface area (Å²) in [6, 6.07) is 0. The van der Waals surface area contributed by atoms with Crippen molar-refractivity contribution in [3.8, 4) is 0 Å². The van der Waals surface area contributed by atoms with Crippen molar-refractivity contribution >= 4 is 10.1 Å². The maximum Gasteiger partial charge on any atom is 0.264 e. The lowest BCUT2D eigenvalue weighted by Gasteiger charge is -2.37. The molecule has 0 spiro atoms. The SMILES string of the molecule is CS(=O)(=O)OC[C@H]1O[C@H](O)[C@H](O)[C@@H](O)[C@@H]1O. The molecule has 4 N–H and O–H groups in total. The van der Waals surface area contributed by atoms with Crippen molar-refractivity contribution in [2.75, 3.05) is 12.9 Å². The predicted molar refractivity (Wildman–Crippen MR) is 49.7 cm³/mol. The van der Waals surface area contributed by atoms with Gasteiger partial charge in [0.25, 0.3) is 10.1 Å². The maximum atomic E-state index is 10.7. The third-order valence-electron chi connectivity index (χ3n) is 2.13. The van der Waals surface area contributed by atoms with E-state index in [-0.39, 0.29) is 0 Å². The van der Waals surface area contributed by atoms with E-state index in [0.717, 1.165) is 6.26 Å². The Labute approximate surface area is 92.2 Å². The van der Waals surface area contributed by atoms with E-state index in [2.05, 4.69) is 8.92 Å². The lowest BCUT2D eigenvalue weighted by Crippen LogP contribution is -2.58. The van der Waals surface area contributed by atoms with Crippen molar-refractivity contribution in [3.05, 3.63) is 0 Å². The zero-order chi connectivity index (χ0) is 12.5. The fourth-order valence-electron chi connectivity index (χ4n) is 1.26. The largest absolute Gasteiger partial charge is 0.387 e. The molecule has 96 valence electrons. The highest BCUT2D eigenvalue weighted by molar-refractivity contribution is 7.85. The number of hydrogen-bond acceptors (Lipinski definition) is 8. The first-order chi connectivity index (χ1) is 7.22. The van der Waals surface area contributed by atoms with Gasteiger partial charge in [0.2, 0.25) is 0 Å². The molecule has 0 amide bonds. The normalized spacial score (nSPS) is 40.9. The Morgan fingerprint density at radius 2 is 1.69 bits per heavy atom. The summed E-state index contributed by atoms with van der Waals surface area (Å²) in [6.07, 6.45) is -6.94. The Morgan fingerprint density at radius 3 is 2.19 bits per heavy atom. The summed E-state index contributed by atoms with van der Waals surface area (Å²) in [4.78, 5) is 0. The van der Waals surface area contributed by atoms with E-state index < -0.39 is 47.4 Å². The number of ether oxygens (including phenoxy) is 1. The molecule has 1 fully saturated rings. The molecule has 0 aromatic rings. The standard InChI is InChI=1S/C7H14O8S/c1-16(12,13)14-2-3-4(8)5(9)6(10)7(11)15-3/h3-11H,2H2,1H3/t3-,4-,5+,6-,7+/m1/s1. The van der Waals surface area contributed by atoms with Crippen molar-refractivity contribution < 1.29 is 37.8 Å². The highest BCUT2D eigenvalue weighted by Gasteiger charge is 2.43. The minimum atomic E-state index is -3.71. The minimum Gasteiger partial charge on any atom is -0.387 e. The quantitative estimate of drug-likeness (QED) is 0.388. The van der Waals surface area contributed by atoms with Crippen molar-refractivity contribution in [2.45, 2.75) is 30.7 Å². The molecule has 1 saturated heterocycles. The Balaban J connectivity index is 2.61. The van der Waals surface area contributed by atoms with Gasteiger partial charge in [-0.25, -0.2) is 0 Å². The molecular formula is C7H14O8S. The molecule has 1 aliphatic rings. The summed E-state index contributed by atoms with van der Waals surface area (Å²) < 4.78 is 30.4. The zero-order valence-electron chi connectivity index (χ0n) is 8.42. The second-order valence-corrected chi connectivity index (χ2v) is 5.17. The van der Waals surface area contributed by atoms with Gasteiger partial charge in [0.1, 0.15) is 24.4 Å². The van der Waals surface area contributed by atoms with Crippen LogP contribution in [0.2, 0.25) is 0 Å². The van der Waals surface area contributed by atoms with E-state index in [1.165, 1.54) is 0 Å². The lowest BCUT2D eigenvalue weighted by molar-refractivity contribution is -0.285. The summed E-state index contributed by atoms with van der Waals surface area (Å²) in [5.74, 6) is 0. The average molecular weight is 258 g/mol. The topological polar surface area (TPSA) is 134 Å². The van der Waals surface area contributed by atoms with Gasteiger partial charge in [-0.05, 0) is 0 Å². The molecule has 0 aromatic carbocycles. The molecule has 0 unspecified atom stereocenters. The van der Waals surface area contributed by atoms with Gasteiger partial charge in [-0.2, -0.15) is 8.42 Å². The minimum absolute atomic E-state index is 0.555. The van der Waals surface area contributed by atoms with Gasteiger partial charge in [0.15, 0.2) is 6.29 Å². The summed E-state index contributed by atoms with van der Waals surface area (Å²) in [7, 11) is -3.71. The van der Waals surface area contributed by atoms with Crippen LogP contribution in [0.25, 0.3) is 0 Å². The van der Waals surface area contributed by atoms with Crippen molar-refractivity contribution in [3.63, 3.8) is 0 Å². The fraction of sp³-hybridized carbons (Fsp3) is 1.00. The van der Waals surface area contributed by atoms with Crippen LogP contribution in [0.3, 0.4) is 0 Å². The Morgan fingerprint density at radius 1 is 1.12 bits per heavy atom. The number of aliphatic hydroxyl groups excluding tert-OH is 4. The van der Waals surface area contributed by atoms with E-state index in [4.69, 9.17) is 10.2 Å². The molecular weight excluding hydrogens is 244 g/mol.